The van der Waals surface area contributed by atoms with Gasteiger partial charge in [0.25, 0.3) is 28.1 Å². The van der Waals surface area contributed by atoms with Crippen LogP contribution in [0.15, 0.2) is 124 Å². The van der Waals surface area contributed by atoms with Crippen molar-refractivity contribution in [3.05, 3.63) is 172 Å². The molecule has 0 aliphatic heterocycles. The molecular weight excluding hydrogens is 4660 g/mol. The Morgan fingerprint density at radius 2 is 0.824 bits per heavy atom. The van der Waals surface area contributed by atoms with E-state index in [0.29, 0.717) is 67.0 Å². The predicted octanol–water partition coefficient (Wildman–Crippen LogP) is 33.9. The number of aryl methyl sites for hydroxylation is 2. The van der Waals surface area contributed by atoms with Gasteiger partial charge in [-0.05, 0) is 73.5 Å². The molecule has 10 aromatic rings. The molecule has 6 aromatic heterocycles. The van der Waals surface area contributed by atoms with Crippen LogP contribution in [0.25, 0.3) is 66.5 Å². The van der Waals surface area contributed by atoms with Crippen molar-refractivity contribution in [1.82, 2.24) is 38.3 Å². The van der Waals surface area contributed by atoms with Crippen LogP contribution >= 0.6 is 425 Å². The molecule has 0 radical (unpaired) electrons. The normalized spacial score (nSPS) is 13.5. The summed E-state index contributed by atoms with van der Waals surface area (Å²) >= 11 is 50.3. The number of H-pyrrole nitrogens is 1. The second-order valence-corrected chi connectivity index (χ2v) is 698. The Labute approximate surface area is 736 Å². The fourth-order valence-corrected chi connectivity index (χ4v) is 5040. The summed E-state index contributed by atoms with van der Waals surface area (Å²) in [6.45, 7) is 3.82. The molecule has 18 nitrogen and oxygen atoms in total. The number of fused-ring (bicyclic) bond motifs is 10. The Bertz CT molecular complexity index is 4420. The average molecular weight is 4690 g/mol. The molecule has 0 unspecified atom stereocenters. The van der Waals surface area contributed by atoms with E-state index in [-0.39, 0.29) is 52.5 Å². The van der Waals surface area contributed by atoms with Gasteiger partial charge in [0.2, 0.25) is 5.88 Å². The molecular formula is C42H33BrI30N10O8. The van der Waals surface area contributed by atoms with E-state index >= 15 is 0 Å². The van der Waals surface area contributed by atoms with Crippen LogP contribution < -0.4 is 21.4 Å². The molecule has 0 aliphatic rings. The molecule has 0 bridgehead atoms. The van der Waals surface area contributed by atoms with Crippen LogP contribution in [0.5, 0.6) is 5.88 Å². The number of rotatable bonds is 18. The summed E-state index contributed by atoms with van der Waals surface area (Å²) in [5.74, 6) is 0.370. The third-order valence-corrected chi connectivity index (χ3v) is 2160. The molecule has 1 N–H and O–H groups in total. The molecule has 0 fully saturated rings. The van der Waals surface area contributed by atoms with Gasteiger partial charge in [-0.25, -0.2) is 14.5 Å². The van der Waals surface area contributed by atoms with Gasteiger partial charge in [0.15, 0.2) is 22.6 Å². The van der Waals surface area contributed by atoms with E-state index in [1.54, 1.807) is 53.0 Å². The number of ether oxygens (including phenoxy) is 1. The van der Waals surface area contributed by atoms with Crippen molar-refractivity contribution in [2.45, 2.75) is 21.3 Å². The molecule has 0 aliphatic carbocycles. The summed E-state index contributed by atoms with van der Waals surface area (Å²) < 4.78 is 11.2. The number of nitrogens with one attached hydrogen (secondary N) is 1. The number of benzene rings is 4. The molecule has 10 rings (SSSR count). The number of nitro groups is 2. The molecule has 4 aromatic carbocycles. The SMILES string of the molecule is Br.C.COc1ccc2nc3c4c(C)cccc4c(=O)n(-c4ccc([N+](=O)[O-])cc4)c3n2n1.Cc1cccc2c(=O)n(-c3ccc([N+](=O)[O-])cc3)c3c(nc4ccc(=O)[nH]n43)c12.II(I)I(I)I(I)I(I)I(I)I(I)I(I)I(I)I(I)I(I)I(I)I(I)I(I)I(I)I. The summed E-state index contributed by atoms with van der Waals surface area (Å²) in [7, 11) is -4.99. The Morgan fingerprint density at radius 1 is 0.473 bits per heavy atom. The fourth-order valence-electron chi connectivity index (χ4n) is 7.75. The van der Waals surface area contributed by atoms with Crippen LogP contribution in [0.3, 0.4) is 0 Å². The molecule has 0 saturated heterocycles. The number of nitrogens with zero attached hydrogens (tertiary/aromatic N) is 9. The van der Waals surface area contributed by atoms with Gasteiger partial charge in [-0.15, -0.1) is 22.1 Å². The zero-order valence-corrected chi connectivity index (χ0v) is 109. The number of hydrogen-bond donors (Lipinski definition) is 1. The van der Waals surface area contributed by atoms with Crippen LogP contribution in [-0.4, -0.2) is 55.3 Å². The molecule has 0 amide bonds. The molecule has 6 heterocycles. The van der Waals surface area contributed by atoms with Gasteiger partial charge in [-0.1, -0.05) is 31.7 Å². The molecule has 0 spiro atoms. The van der Waals surface area contributed by atoms with Crippen LogP contribution in [-0.2, 0) is 0 Å². The summed E-state index contributed by atoms with van der Waals surface area (Å²) in [5.41, 5.74) is 4.70. The van der Waals surface area contributed by atoms with Gasteiger partial charge in [0, 0.05) is 47.2 Å². The summed E-state index contributed by atoms with van der Waals surface area (Å²) in [6.07, 6.45) is 0. The van der Waals surface area contributed by atoms with Crippen molar-refractivity contribution in [3.63, 3.8) is 0 Å². The van der Waals surface area contributed by atoms with Crippen LogP contribution in [0.2, 0.25) is 0 Å². The predicted molar refractivity (Wildman–Crippen MR) is 657 cm³/mol. The van der Waals surface area contributed by atoms with Gasteiger partial charge in [0.05, 0.1) is 39.1 Å². The standard InChI is InChI=1S/C21H15N5O4.C20H13N5O4.CH4.BrH.I30/c1-12-4-3-5-15-18(12)19-20(25-16(22-19)10-11-17(23-25)30-2)24(21(15)27)13-6-8-14(9-7-13)26(28)29;1-11-3-2-4-14-17(11)18-19(24-15(21-18)9-10-16(26)22-24)23(20(14)27)12-5-7-13(8-6-12)25(28)29;;;1-17(2)19(5)21(7)23(9)25(11)27(13)29(15)30(16)28(14)26(12)24(10)22(8)20(6)18(3)4/h3-11H,1-2H3;2-10H,1H3,(H,22,26);1H4;1H;. The van der Waals surface area contributed by atoms with Crippen molar-refractivity contribution >= 4 is 492 Å². The van der Waals surface area contributed by atoms with E-state index in [1.807, 2.05) is 32.0 Å². The number of methoxy groups -OCH3 is 1. The quantitative estimate of drug-likeness (QED) is 0.0484. The monoisotopic (exact) mass is 4690 g/mol. The van der Waals surface area contributed by atoms with Crippen LogP contribution in [0.4, 0.5) is 11.4 Å². The van der Waals surface area contributed by atoms with Crippen LogP contribution in [0.1, 0.15) is 18.6 Å². The molecule has 516 valence electrons. The van der Waals surface area contributed by atoms with Gasteiger partial charge in [-0.3, -0.25) is 48.8 Å². The third-order valence-electron chi connectivity index (χ3n) is 11.1. The minimum absolute atomic E-state index is 0. The van der Waals surface area contributed by atoms with Gasteiger partial charge >= 0.3 is 408 Å². The second-order valence-electron chi connectivity index (χ2n) is 15.8. The number of aromatic nitrogens is 8. The number of aromatic amines is 1. The molecule has 0 atom stereocenters. The van der Waals surface area contributed by atoms with Crippen molar-refractivity contribution in [3.8, 4) is 17.3 Å². The topological polar surface area (TPSA) is 220 Å². The van der Waals surface area contributed by atoms with Crippen molar-refractivity contribution in [1.29, 1.82) is 0 Å². The molecule has 91 heavy (non-hydrogen) atoms. The number of nitro benzene ring substituents is 2. The third kappa shape index (κ3) is 23.6. The number of non-ortho nitro benzene ring substituents is 2. The fraction of sp³-hybridized carbons (Fsp3) is 0.0952. The van der Waals surface area contributed by atoms with E-state index in [9.17, 15) is 34.6 Å². The number of hydrogen-bond acceptors (Lipinski definition) is 11. The average Bonchev–Trinajstić information content (AvgIpc) is 1.51. The Kier molecular flexibility index (Phi) is 46.0. The van der Waals surface area contributed by atoms with E-state index in [0.717, 1.165) is 16.5 Å². The molecule has 0 saturated carbocycles. The first-order valence-corrected chi connectivity index (χ1v) is 204. The summed E-state index contributed by atoms with van der Waals surface area (Å²) in [5, 5.41) is 31.6. The number of pyridine rings is 2. The second kappa shape index (κ2) is 44.6. The first-order chi connectivity index (χ1) is 42.0. The maximum atomic E-state index is 13.5. The summed E-state index contributed by atoms with van der Waals surface area (Å²) in [6, 6.07) is 28.8. The van der Waals surface area contributed by atoms with E-state index < -0.39 is 120 Å². The van der Waals surface area contributed by atoms with E-state index in [1.165, 1.54) is 63.2 Å². The number of imidazole rings is 2. The van der Waals surface area contributed by atoms with Crippen molar-refractivity contribution < 1.29 is 14.6 Å². The van der Waals surface area contributed by atoms with Crippen molar-refractivity contribution in [2.24, 2.45) is 0 Å². The Balaban J connectivity index is 0.000000215. The molecule has 49 heteroatoms. The minimum atomic E-state index is -0.502. The maximum absolute atomic E-state index is 13.5. The van der Waals surface area contributed by atoms with Crippen molar-refractivity contribution in [2.75, 3.05) is 7.11 Å². The first-order valence-electron chi connectivity index (χ1n) is 22.0. The van der Waals surface area contributed by atoms with E-state index in [2.05, 4.69) is 313 Å². The zero-order chi connectivity index (χ0) is 65.4. The zero-order valence-electron chi connectivity index (χ0n) is 42.9. The Morgan fingerprint density at radius 3 is 1.20 bits per heavy atom. The van der Waals surface area contributed by atoms with Gasteiger partial charge in [0.1, 0.15) is 11.0 Å². The Hall–Kier alpha value is 13.8. The van der Waals surface area contributed by atoms with Gasteiger partial charge < -0.3 is 4.74 Å². The van der Waals surface area contributed by atoms with Gasteiger partial charge in [-0.2, -0.15) is 4.52 Å². The van der Waals surface area contributed by atoms with E-state index in [4.69, 9.17) is 9.72 Å². The first kappa shape index (κ1) is 93.7. The number of halogens is 31. The van der Waals surface area contributed by atoms with Crippen LogP contribution in [0, 0.1) is 34.1 Å². The summed E-state index contributed by atoms with van der Waals surface area (Å²) in [4.78, 5) is 69.3.